The average Bonchev–Trinajstić information content (AvgIpc) is 3.04. The van der Waals surface area contributed by atoms with Crippen LogP contribution in [0.1, 0.15) is 110 Å². The van der Waals surface area contributed by atoms with Crippen LogP contribution in [0.15, 0.2) is 85.1 Å². The Morgan fingerprint density at radius 1 is 0.714 bits per heavy atom. The zero-order chi connectivity index (χ0) is 36.5. The first-order chi connectivity index (χ1) is 23.5. The van der Waals surface area contributed by atoms with Crippen LogP contribution in [-0.2, 0) is 18.4 Å². The van der Waals surface area contributed by atoms with Crippen molar-refractivity contribution in [3.8, 4) is 0 Å². The van der Waals surface area contributed by atoms with Crippen LogP contribution < -0.4 is 5.32 Å². The van der Waals surface area contributed by atoms with E-state index in [-0.39, 0.29) is 19.1 Å². The third-order valence-electron chi connectivity index (χ3n) is 7.41. The first-order valence-electron chi connectivity index (χ1n) is 18.5. The summed E-state index contributed by atoms with van der Waals surface area (Å²) < 4.78 is 23.2. The van der Waals surface area contributed by atoms with Gasteiger partial charge in [-0.1, -0.05) is 125 Å². The third-order valence-corrected chi connectivity index (χ3v) is 8.39. The molecule has 8 nitrogen and oxygen atoms in total. The number of phosphoric ester groups is 1. The fraction of sp³-hybridized carbons (Fsp3) is 0.625. The quantitative estimate of drug-likeness (QED) is 0.0287. The van der Waals surface area contributed by atoms with E-state index in [9.17, 15) is 19.4 Å². The van der Waals surface area contributed by atoms with E-state index in [4.69, 9.17) is 9.05 Å². The molecular formula is C40H70N2O6P+. The zero-order valence-corrected chi connectivity index (χ0v) is 32.3. The van der Waals surface area contributed by atoms with Gasteiger partial charge in [-0.25, -0.2) is 4.57 Å². The summed E-state index contributed by atoms with van der Waals surface area (Å²) in [6.45, 7) is 4.55. The summed E-state index contributed by atoms with van der Waals surface area (Å²) in [5, 5.41) is 13.6. The molecule has 3 N–H and O–H groups in total. The Morgan fingerprint density at radius 3 is 1.67 bits per heavy atom. The molecule has 0 radical (unpaired) electrons. The summed E-state index contributed by atoms with van der Waals surface area (Å²) in [6.07, 6.45) is 42.5. The van der Waals surface area contributed by atoms with Crippen molar-refractivity contribution >= 4 is 13.7 Å². The highest BCUT2D eigenvalue weighted by molar-refractivity contribution is 7.47. The molecule has 0 rings (SSSR count). The Labute approximate surface area is 299 Å². The van der Waals surface area contributed by atoms with Gasteiger partial charge in [0.2, 0.25) is 5.91 Å². The maximum Gasteiger partial charge on any atom is 0.472 e. The summed E-state index contributed by atoms with van der Waals surface area (Å²) in [4.78, 5) is 22.8. The Morgan fingerprint density at radius 2 is 1.20 bits per heavy atom. The third kappa shape index (κ3) is 33.9. The number of hydrogen-bond acceptors (Lipinski definition) is 5. The van der Waals surface area contributed by atoms with Crippen molar-refractivity contribution in [3.05, 3.63) is 85.1 Å². The van der Waals surface area contributed by atoms with E-state index in [1.807, 2.05) is 21.1 Å². The molecule has 0 aliphatic heterocycles. The number of phosphoric acid groups is 1. The van der Waals surface area contributed by atoms with Gasteiger partial charge in [-0.15, -0.1) is 0 Å². The van der Waals surface area contributed by atoms with Crippen LogP contribution in [0, 0.1) is 0 Å². The second kappa shape index (κ2) is 31.6. The number of carbonyl (C=O) groups is 1. The van der Waals surface area contributed by atoms with Crippen LogP contribution in [0.3, 0.4) is 0 Å². The average molecular weight is 706 g/mol. The summed E-state index contributed by atoms with van der Waals surface area (Å²) in [5.41, 5.74) is 0. The Kier molecular flexibility index (Phi) is 30.1. The van der Waals surface area contributed by atoms with Gasteiger partial charge in [0.25, 0.3) is 0 Å². The van der Waals surface area contributed by atoms with E-state index < -0.39 is 20.0 Å². The highest BCUT2D eigenvalue weighted by Gasteiger charge is 2.28. The minimum absolute atomic E-state index is 0.0570. The van der Waals surface area contributed by atoms with Crippen molar-refractivity contribution in [2.24, 2.45) is 0 Å². The van der Waals surface area contributed by atoms with E-state index in [2.05, 4.69) is 104 Å². The smallest absolute Gasteiger partial charge is 0.391 e. The summed E-state index contributed by atoms with van der Waals surface area (Å²) in [6, 6.07) is -0.791. The van der Waals surface area contributed by atoms with E-state index >= 15 is 0 Å². The Hall–Kier alpha value is -2.32. The molecule has 0 saturated heterocycles. The van der Waals surface area contributed by atoms with Gasteiger partial charge >= 0.3 is 7.82 Å². The van der Waals surface area contributed by atoms with Gasteiger partial charge in [0, 0.05) is 6.42 Å². The Bertz CT molecular complexity index is 1070. The van der Waals surface area contributed by atoms with Crippen LogP contribution in [-0.4, -0.2) is 73.4 Å². The minimum Gasteiger partial charge on any atom is -0.391 e. The van der Waals surface area contributed by atoms with Gasteiger partial charge in [-0.2, -0.15) is 0 Å². The zero-order valence-electron chi connectivity index (χ0n) is 31.4. The molecule has 0 saturated carbocycles. The molecule has 0 aliphatic rings. The first-order valence-corrected chi connectivity index (χ1v) is 19.9. The lowest BCUT2D eigenvalue weighted by molar-refractivity contribution is -0.870. The van der Waals surface area contributed by atoms with E-state index in [1.54, 1.807) is 0 Å². The fourth-order valence-electron chi connectivity index (χ4n) is 4.44. The standard InChI is InChI=1S/C40H69N2O6P/c1-6-8-10-12-13-14-15-16-17-18-19-20-21-22-23-24-25-26-27-28-29-30-32-34-40(44)41-38(39(43)33-31-11-9-7-2)37-48-49(45,46)47-36-35-42(3,4)5/h8,10,13-14,16-17,19-20,22-23,25-26,28-29,38-39,43H,6-7,9,11-12,15,18,21,24,27,30-37H2,1-5H3,(H-,41,44,45,46)/p+1/b10-8-,14-13-,17-16-,20-19-,23-22-,26-25-,29-28-. The summed E-state index contributed by atoms with van der Waals surface area (Å²) >= 11 is 0. The lowest BCUT2D eigenvalue weighted by atomic mass is 10.0. The molecule has 9 heteroatoms. The van der Waals surface area contributed by atoms with Gasteiger partial charge in [-0.05, 0) is 64.2 Å². The highest BCUT2D eigenvalue weighted by Crippen LogP contribution is 2.43. The molecule has 0 heterocycles. The molecule has 0 aromatic rings. The van der Waals surface area contributed by atoms with Gasteiger partial charge in [0.05, 0.1) is 39.9 Å². The van der Waals surface area contributed by atoms with Crippen LogP contribution in [0.4, 0.5) is 0 Å². The number of allylic oxidation sites excluding steroid dienone is 14. The number of aliphatic hydroxyl groups excluding tert-OH is 1. The molecule has 0 spiro atoms. The maximum absolute atomic E-state index is 12.7. The molecule has 0 fully saturated rings. The number of amides is 1. The summed E-state index contributed by atoms with van der Waals surface area (Å²) in [7, 11) is 1.55. The number of nitrogens with one attached hydrogen (secondary N) is 1. The van der Waals surface area contributed by atoms with E-state index in [0.29, 0.717) is 30.3 Å². The highest BCUT2D eigenvalue weighted by atomic mass is 31.2. The van der Waals surface area contributed by atoms with Crippen molar-refractivity contribution < 1.29 is 32.9 Å². The number of hydrogen-bond donors (Lipinski definition) is 3. The van der Waals surface area contributed by atoms with Gasteiger partial charge in [-0.3, -0.25) is 13.8 Å². The fourth-order valence-corrected chi connectivity index (χ4v) is 5.18. The van der Waals surface area contributed by atoms with Crippen LogP contribution in [0.5, 0.6) is 0 Å². The largest absolute Gasteiger partial charge is 0.472 e. The molecule has 3 unspecified atom stereocenters. The van der Waals surface area contributed by atoms with Crippen LogP contribution in [0.25, 0.3) is 0 Å². The first kappa shape index (κ1) is 46.7. The molecule has 0 aromatic heterocycles. The van der Waals surface area contributed by atoms with Crippen LogP contribution in [0.2, 0.25) is 0 Å². The molecule has 280 valence electrons. The monoisotopic (exact) mass is 705 g/mol. The number of rotatable bonds is 31. The van der Waals surface area contributed by atoms with E-state index in [0.717, 1.165) is 77.0 Å². The second-order valence-corrected chi connectivity index (χ2v) is 14.7. The number of carbonyl (C=O) groups excluding carboxylic acids is 1. The molecule has 49 heavy (non-hydrogen) atoms. The number of unbranched alkanes of at least 4 members (excludes halogenated alkanes) is 4. The van der Waals surface area contributed by atoms with Crippen LogP contribution >= 0.6 is 7.82 Å². The van der Waals surface area contributed by atoms with Crippen molar-refractivity contribution in [2.45, 2.75) is 122 Å². The molecule has 0 aromatic carbocycles. The van der Waals surface area contributed by atoms with Crippen molar-refractivity contribution in [3.63, 3.8) is 0 Å². The SMILES string of the molecule is CC/C=C\C/C=C\C/C=C\C/C=C\C/C=C\C/C=C\C/C=C\CCCC(=O)NC(COP(=O)(O)OCC[N+](C)(C)C)C(O)CCCCCC. The van der Waals surface area contributed by atoms with Crippen molar-refractivity contribution in [1.29, 1.82) is 0 Å². The topological polar surface area (TPSA) is 105 Å². The predicted octanol–water partition coefficient (Wildman–Crippen LogP) is 9.46. The molecule has 0 bridgehead atoms. The van der Waals surface area contributed by atoms with E-state index in [1.165, 1.54) is 0 Å². The van der Waals surface area contributed by atoms with Crippen molar-refractivity contribution in [2.75, 3.05) is 40.9 Å². The second-order valence-electron chi connectivity index (χ2n) is 13.2. The molecular weight excluding hydrogens is 635 g/mol. The lowest BCUT2D eigenvalue weighted by Gasteiger charge is -2.26. The maximum atomic E-state index is 12.7. The molecule has 1 amide bonds. The Balaban J connectivity index is 4.32. The molecule has 0 aliphatic carbocycles. The molecule has 3 atom stereocenters. The number of nitrogens with zero attached hydrogens (tertiary/aromatic N) is 1. The minimum atomic E-state index is -4.31. The predicted molar refractivity (Wildman–Crippen MR) is 207 cm³/mol. The van der Waals surface area contributed by atoms with Crippen molar-refractivity contribution in [1.82, 2.24) is 5.32 Å². The van der Waals surface area contributed by atoms with Gasteiger partial charge in [0.1, 0.15) is 13.2 Å². The normalized spacial score (nSPS) is 15.7. The van der Waals surface area contributed by atoms with Gasteiger partial charge < -0.3 is 19.8 Å². The number of aliphatic hydroxyl groups is 1. The number of quaternary nitrogens is 1. The number of likely N-dealkylation sites (N-methyl/N-ethyl adjacent to an activating group) is 1. The summed E-state index contributed by atoms with van der Waals surface area (Å²) in [5.74, 6) is -0.217. The van der Waals surface area contributed by atoms with Gasteiger partial charge in [0.15, 0.2) is 0 Å². The lowest BCUT2D eigenvalue weighted by Crippen LogP contribution is -2.46.